The highest BCUT2D eigenvalue weighted by Crippen LogP contribution is 2.27. The number of fused-ring (bicyclic) bond motifs is 1. The topological polar surface area (TPSA) is 66.5 Å². The number of anilines is 1. The molecule has 160 valence electrons. The zero-order valence-corrected chi connectivity index (χ0v) is 18.2. The molecule has 0 aromatic heterocycles. The Balaban J connectivity index is 1.63. The summed E-state index contributed by atoms with van der Waals surface area (Å²) in [6, 6.07) is 16.5. The molecule has 1 amide bonds. The Hall–Kier alpha value is -3.03. The Morgan fingerprint density at radius 1 is 1.00 bits per heavy atom. The summed E-state index contributed by atoms with van der Waals surface area (Å²) in [6.07, 6.45) is 0.608. The van der Waals surface area contributed by atoms with Crippen molar-refractivity contribution in [2.45, 2.75) is 31.7 Å². The summed E-state index contributed by atoms with van der Waals surface area (Å²) in [4.78, 5) is 12.7. The summed E-state index contributed by atoms with van der Waals surface area (Å²) < 4.78 is 42.3. The Morgan fingerprint density at radius 3 is 2.52 bits per heavy atom. The second kappa shape index (κ2) is 8.24. The van der Waals surface area contributed by atoms with Gasteiger partial charge in [0.15, 0.2) is 0 Å². The molecular formula is C24H23FN2O3S. The van der Waals surface area contributed by atoms with Crippen LogP contribution in [0.2, 0.25) is 0 Å². The molecule has 3 aromatic carbocycles. The molecule has 0 unspecified atom stereocenters. The first-order chi connectivity index (χ1) is 14.8. The fourth-order valence-corrected chi connectivity index (χ4v) is 5.18. The monoisotopic (exact) mass is 438 g/mol. The Kier molecular flexibility index (Phi) is 5.64. The Labute approximate surface area is 181 Å². The summed E-state index contributed by atoms with van der Waals surface area (Å²) in [5, 5.41) is 2.69. The number of hydrogen-bond acceptors (Lipinski definition) is 3. The molecule has 1 N–H and O–H groups in total. The van der Waals surface area contributed by atoms with E-state index < -0.39 is 21.7 Å². The van der Waals surface area contributed by atoms with Crippen LogP contribution in [0.5, 0.6) is 0 Å². The van der Waals surface area contributed by atoms with Crippen molar-refractivity contribution in [3.63, 3.8) is 0 Å². The first kappa shape index (κ1) is 21.2. The van der Waals surface area contributed by atoms with Gasteiger partial charge in [-0.15, -0.1) is 0 Å². The lowest BCUT2D eigenvalue weighted by atomic mass is 10.0. The summed E-state index contributed by atoms with van der Waals surface area (Å²) in [6.45, 7) is 4.35. The largest absolute Gasteiger partial charge is 0.322 e. The van der Waals surface area contributed by atoms with E-state index in [0.29, 0.717) is 18.7 Å². The first-order valence-corrected chi connectivity index (χ1v) is 11.5. The molecule has 0 saturated heterocycles. The number of halogens is 1. The van der Waals surface area contributed by atoms with Crippen LogP contribution in [0.15, 0.2) is 65.6 Å². The average Bonchev–Trinajstić information content (AvgIpc) is 2.76. The van der Waals surface area contributed by atoms with Gasteiger partial charge in [0.05, 0.1) is 10.5 Å². The van der Waals surface area contributed by atoms with Crippen molar-refractivity contribution in [2.24, 2.45) is 0 Å². The lowest BCUT2D eigenvalue weighted by Crippen LogP contribution is -2.36. The molecule has 5 nitrogen and oxygen atoms in total. The fraction of sp³-hybridized carbons (Fsp3) is 0.208. The maximum atomic E-state index is 14.5. The fourth-order valence-electron chi connectivity index (χ4n) is 3.74. The number of nitrogens with zero attached hydrogens (tertiary/aromatic N) is 1. The predicted octanol–water partition coefficient (Wildman–Crippen LogP) is 4.44. The van der Waals surface area contributed by atoms with E-state index in [1.807, 2.05) is 44.2 Å². The van der Waals surface area contributed by atoms with E-state index in [1.165, 1.54) is 10.4 Å². The van der Waals surface area contributed by atoms with Gasteiger partial charge in [-0.1, -0.05) is 36.4 Å². The molecule has 1 aliphatic heterocycles. The minimum absolute atomic E-state index is 0.0978. The highest BCUT2D eigenvalue weighted by molar-refractivity contribution is 7.89. The van der Waals surface area contributed by atoms with Gasteiger partial charge in [-0.3, -0.25) is 4.79 Å². The Morgan fingerprint density at radius 2 is 1.74 bits per heavy atom. The molecule has 0 spiro atoms. The highest BCUT2D eigenvalue weighted by Gasteiger charge is 2.29. The number of amides is 1. The first-order valence-electron chi connectivity index (χ1n) is 10.0. The van der Waals surface area contributed by atoms with Crippen LogP contribution in [0.25, 0.3) is 0 Å². The van der Waals surface area contributed by atoms with Crippen LogP contribution in [0.1, 0.15) is 32.6 Å². The summed E-state index contributed by atoms with van der Waals surface area (Å²) in [7, 11) is -3.88. The van der Waals surface area contributed by atoms with Crippen LogP contribution in [-0.4, -0.2) is 25.2 Å². The number of carbonyl (C=O) groups is 1. The molecule has 0 fully saturated rings. The maximum Gasteiger partial charge on any atom is 0.258 e. The second-order valence-electron chi connectivity index (χ2n) is 7.70. The van der Waals surface area contributed by atoms with Crippen LogP contribution in [-0.2, 0) is 23.0 Å². The van der Waals surface area contributed by atoms with Gasteiger partial charge in [0.25, 0.3) is 5.91 Å². The lowest BCUT2D eigenvalue weighted by Gasteiger charge is -2.28. The normalized spacial score (nSPS) is 14.2. The second-order valence-corrected chi connectivity index (χ2v) is 9.64. The molecule has 1 heterocycles. The van der Waals surface area contributed by atoms with Gasteiger partial charge in [-0.2, -0.15) is 4.31 Å². The van der Waals surface area contributed by atoms with E-state index in [0.717, 1.165) is 34.4 Å². The van der Waals surface area contributed by atoms with Gasteiger partial charge in [-0.25, -0.2) is 12.8 Å². The number of rotatable bonds is 4. The minimum Gasteiger partial charge on any atom is -0.322 e. The number of nitrogens with one attached hydrogen (secondary N) is 1. The third kappa shape index (κ3) is 4.11. The number of aryl methyl sites for hydroxylation is 1. The summed E-state index contributed by atoms with van der Waals surface area (Å²) >= 11 is 0. The van der Waals surface area contributed by atoms with Crippen LogP contribution in [0.3, 0.4) is 0 Å². The number of sulfonamides is 1. The zero-order valence-electron chi connectivity index (χ0n) is 17.4. The minimum atomic E-state index is -3.88. The number of benzene rings is 3. The zero-order chi connectivity index (χ0) is 22.2. The standard InChI is InChI=1S/C24H23FN2O3S/c1-16-6-5-9-23(17(16)2)26-24(28)21-14-20(10-11-22(21)25)31(29,30)27-13-12-18-7-3-4-8-19(18)15-27/h3-11,14H,12-13,15H2,1-2H3,(H,26,28). The van der Waals surface area contributed by atoms with Gasteiger partial charge in [0.1, 0.15) is 5.82 Å². The van der Waals surface area contributed by atoms with Crippen molar-refractivity contribution >= 4 is 21.6 Å². The van der Waals surface area contributed by atoms with Crippen molar-refractivity contribution in [2.75, 3.05) is 11.9 Å². The Bertz CT molecular complexity index is 1270. The van der Waals surface area contributed by atoms with E-state index in [-0.39, 0.29) is 17.0 Å². The summed E-state index contributed by atoms with van der Waals surface area (Å²) in [5.74, 6) is -1.46. The summed E-state index contributed by atoms with van der Waals surface area (Å²) in [5.41, 5.74) is 4.19. The molecule has 7 heteroatoms. The number of hydrogen-bond donors (Lipinski definition) is 1. The van der Waals surface area contributed by atoms with Crippen molar-refractivity contribution in [1.82, 2.24) is 4.31 Å². The predicted molar refractivity (Wildman–Crippen MR) is 118 cm³/mol. The van der Waals surface area contributed by atoms with Crippen molar-refractivity contribution < 1.29 is 17.6 Å². The SMILES string of the molecule is Cc1cccc(NC(=O)c2cc(S(=O)(=O)N3CCc4ccccc4C3)ccc2F)c1C. The molecule has 1 aliphatic rings. The smallest absolute Gasteiger partial charge is 0.258 e. The molecule has 0 bridgehead atoms. The van der Waals surface area contributed by atoms with Gasteiger partial charge < -0.3 is 5.32 Å². The van der Waals surface area contributed by atoms with Gasteiger partial charge in [0.2, 0.25) is 10.0 Å². The van der Waals surface area contributed by atoms with Crippen LogP contribution < -0.4 is 5.32 Å². The van der Waals surface area contributed by atoms with E-state index in [9.17, 15) is 17.6 Å². The number of carbonyl (C=O) groups excluding carboxylic acids is 1. The van der Waals surface area contributed by atoms with Crippen molar-refractivity contribution in [3.8, 4) is 0 Å². The van der Waals surface area contributed by atoms with Gasteiger partial charge in [0, 0.05) is 18.8 Å². The third-order valence-corrected chi connectivity index (χ3v) is 7.61. The maximum absolute atomic E-state index is 14.5. The van der Waals surface area contributed by atoms with E-state index in [4.69, 9.17) is 0 Å². The molecule has 0 saturated carbocycles. The van der Waals surface area contributed by atoms with E-state index in [1.54, 1.807) is 12.1 Å². The van der Waals surface area contributed by atoms with Crippen LogP contribution in [0, 0.1) is 19.7 Å². The molecule has 3 aromatic rings. The van der Waals surface area contributed by atoms with E-state index in [2.05, 4.69) is 5.32 Å². The average molecular weight is 439 g/mol. The van der Waals surface area contributed by atoms with Crippen molar-refractivity contribution in [1.29, 1.82) is 0 Å². The van der Waals surface area contributed by atoms with Gasteiger partial charge >= 0.3 is 0 Å². The highest BCUT2D eigenvalue weighted by atomic mass is 32.2. The molecule has 0 atom stereocenters. The van der Waals surface area contributed by atoms with Crippen LogP contribution in [0.4, 0.5) is 10.1 Å². The molecular weight excluding hydrogens is 415 g/mol. The van der Waals surface area contributed by atoms with Crippen molar-refractivity contribution in [3.05, 3.63) is 94.3 Å². The molecule has 31 heavy (non-hydrogen) atoms. The molecule has 0 radical (unpaired) electrons. The lowest BCUT2D eigenvalue weighted by molar-refractivity contribution is 0.102. The molecule has 4 rings (SSSR count). The van der Waals surface area contributed by atoms with Crippen LogP contribution >= 0.6 is 0 Å². The quantitative estimate of drug-likeness (QED) is 0.655. The van der Waals surface area contributed by atoms with E-state index >= 15 is 0 Å². The third-order valence-electron chi connectivity index (χ3n) is 5.77. The molecule has 0 aliphatic carbocycles. The van der Waals surface area contributed by atoms with Gasteiger partial charge in [-0.05, 0) is 66.8 Å².